The lowest BCUT2D eigenvalue weighted by atomic mass is 10.0. The van der Waals surface area contributed by atoms with E-state index in [2.05, 4.69) is 28.9 Å². The molecule has 0 aliphatic rings. The van der Waals surface area contributed by atoms with E-state index in [1.807, 2.05) is 31.2 Å². The van der Waals surface area contributed by atoms with Gasteiger partial charge in [-0.3, -0.25) is 0 Å². The number of pyridine rings is 1. The minimum absolute atomic E-state index is 0.116. The molecule has 0 unspecified atom stereocenters. The van der Waals surface area contributed by atoms with E-state index in [-0.39, 0.29) is 18.2 Å². The van der Waals surface area contributed by atoms with Gasteiger partial charge in [0.25, 0.3) is 0 Å². The number of rotatable bonds is 9. The highest BCUT2D eigenvalue weighted by atomic mass is 32.2. The van der Waals surface area contributed by atoms with Gasteiger partial charge in [0, 0.05) is 5.92 Å². The third-order valence-corrected chi connectivity index (χ3v) is 5.60. The van der Waals surface area contributed by atoms with E-state index in [4.69, 9.17) is 9.88 Å². The molecule has 0 spiro atoms. The van der Waals surface area contributed by atoms with Crippen molar-refractivity contribution in [1.82, 2.24) is 19.7 Å². The van der Waals surface area contributed by atoms with Gasteiger partial charge in [-0.15, -0.1) is 0 Å². The number of hydrogen-bond acceptors (Lipinski definition) is 6. The van der Waals surface area contributed by atoms with Crippen LogP contribution in [0.5, 0.6) is 11.5 Å². The van der Waals surface area contributed by atoms with Crippen LogP contribution in [0.25, 0.3) is 11.5 Å². The number of ether oxygens (including phenoxy) is 1. The van der Waals surface area contributed by atoms with Crippen molar-refractivity contribution in [2.24, 2.45) is 5.14 Å². The quantitative estimate of drug-likeness (QED) is 0.556. The van der Waals surface area contributed by atoms with E-state index in [1.54, 1.807) is 23.0 Å². The van der Waals surface area contributed by atoms with Crippen molar-refractivity contribution in [3.63, 3.8) is 0 Å². The molecule has 0 amide bonds. The molecular weight excluding hydrogens is 402 g/mol. The molecule has 1 aromatic carbocycles. The Kier molecular flexibility index (Phi) is 6.84. The van der Waals surface area contributed by atoms with E-state index >= 15 is 0 Å². The summed E-state index contributed by atoms with van der Waals surface area (Å²) >= 11 is 0. The third-order valence-electron chi connectivity index (χ3n) is 4.85. The fourth-order valence-corrected chi connectivity index (χ4v) is 3.49. The summed E-state index contributed by atoms with van der Waals surface area (Å²) < 4.78 is 30.3. The maximum atomic E-state index is 11.4. The Morgan fingerprint density at radius 1 is 1.07 bits per heavy atom. The Labute approximate surface area is 177 Å². The number of aryl methyl sites for hydroxylation is 2. The van der Waals surface area contributed by atoms with Crippen molar-refractivity contribution in [3.05, 3.63) is 54.0 Å². The molecule has 30 heavy (non-hydrogen) atoms. The highest BCUT2D eigenvalue weighted by molar-refractivity contribution is 7.89. The second-order valence-electron chi connectivity index (χ2n) is 7.19. The predicted molar refractivity (Wildman–Crippen MR) is 116 cm³/mol. The van der Waals surface area contributed by atoms with Gasteiger partial charge in [-0.25, -0.2) is 28.2 Å². The lowest BCUT2D eigenvalue weighted by Gasteiger charge is -2.07. The van der Waals surface area contributed by atoms with Crippen LogP contribution in [0.15, 0.2) is 42.6 Å². The van der Waals surface area contributed by atoms with Crippen LogP contribution in [0, 0.1) is 6.92 Å². The van der Waals surface area contributed by atoms with E-state index in [0.29, 0.717) is 23.1 Å². The van der Waals surface area contributed by atoms with Crippen LogP contribution in [0.4, 0.5) is 0 Å². The van der Waals surface area contributed by atoms with Crippen LogP contribution in [0.2, 0.25) is 0 Å². The lowest BCUT2D eigenvalue weighted by Crippen LogP contribution is -2.21. The molecular formula is C21H27N5O3S. The molecule has 0 bridgehead atoms. The molecule has 160 valence electrons. The second-order valence-corrected chi connectivity index (χ2v) is 8.93. The molecule has 0 radical (unpaired) electrons. The van der Waals surface area contributed by atoms with Crippen molar-refractivity contribution >= 4 is 10.0 Å². The first-order valence-corrected chi connectivity index (χ1v) is 11.7. The Balaban J connectivity index is 1.87. The SMILES string of the molecule is CCC(CC)c1nc(-c2ccc(Oc3ccc(C)cc3)cn2)n(CCS(N)(=O)=O)n1. The average Bonchev–Trinajstić information content (AvgIpc) is 3.13. The number of hydrogen-bond donors (Lipinski definition) is 1. The van der Waals surface area contributed by atoms with Gasteiger partial charge in [0.1, 0.15) is 17.2 Å². The number of aromatic nitrogens is 4. The molecule has 0 saturated heterocycles. The summed E-state index contributed by atoms with van der Waals surface area (Å²) in [6, 6.07) is 11.3. The minimum Gasteiger partial charge on any atom is -0.456 e. The van der Waals surface area contributed by atoms with Gasteiger partial charge in [0.15, 0.2) is 11.6 Å². The van der Waals surface area contributed by atoms with Crippen LogP contribution in [-0.2, 0) is 16.6 Å². The first-order valence-electron chi connectivity index (χ1n) is 9.95. The molecule has 0 aliphatic carbocycles. The summed E-state index contributed by atoms with van der Waals surface area (Å²) in [5.41, 5.74) is 1.74. The number of primary sulfonamides is 1. The molecule has 2 aromatic heterocycles. The lowest BCUT2D eigenvalue weighted by molar-refractivity contribution is 0.480. The summed E-state index contributed by atoms with van der Waals surface area (Å²) in [5, 5.41) is 9.72. The normalized spacial score (nSPS) is 11.8. The summed E-state index contributed by atoms with van der Waals surface area (Å²) in [5.74, 6) is 2.50. The molecule has 3 rings (SSSR count). The summed E-state index contributed by atoms with van der Waals surface area (Å²) in [7, 11) is -3.62. The zero-order valence-electron chi connectivity index (χ0n) is 17.4. The zero-order valence-corrected chi connectivity index (χ0v) is 18.3. The average molecular weight is 430 g/mol. The smallest absolute Gasteiger partial charge is 0.210 e. The van der Waals surface area contributed by atoms with Crippen molar-refractivity contribution in [2.45, 2.75) is 46.1 Å². The summed E-state index contributed by atoms with van der Waals surface area (Å²) in [4.78, 5) is 9.12. The Morgan fingerprint density at radius 2 is 1.73 bits per heavy atom. The van der Waals surface area contributed by atoms with E-state index < -0.39 is 10.0 Å². The van der Waals surface area contributed by atoms with Gasteiger partial charge in [-0.05, 0) is 44.0 Å². The van der Waals surface area contributed by atoms with Crippen LogP contribution in [-0.4, -0.2) is 33.9 Å². The largest absolute Gasteiger partial charge is 0.456 e. The second kappa shape index (κ2) is 9.36. The molecule has 2 heterocycles. The van der Waals surface area contributed by atoms with E-state index in [1.165, 1.54) is 0 Å². The van der Waals surface area contributed by atoms with Gasteiger partial charge < -0.3 is 4.74 Å². The maximum absolute atomic E-state index is 11.4. The Bertz CT molecular complexity index is 1070. The number of nitrogens with two attached hydrogens (primary N) is 1. The monoisotopic (exact) mass is 429 g/mol. The predicted octanol–water partition coefficient (Wildman–Crippen LogP) is 3.63. The van der Waals surface area contributed by atoms with Crippen molar-refractivity contribution in [2.75, 3.05) is 5.75 Å². The van der Waals surface area contributed by atoms with Crippen molar-refractivity contribution in [3.8, 4) is 23.0 Å². The molecule has 0 atom stereocenters. The van der Waals surface area contributed by atoms with Gasteiger partial charge in [0.2, 0.25) is 10.0 Å². The number of sulfonamides is 1. The first kappa shape index (κ1) is 21.9. The number of benzene rings is 1. The molecule has 2 N–H and O–H groups in total. The Morgan fingerprint density at radius 3 is 2.30 bits per heavy atom. The number of nitrogens with zero attached hydrogens (tertiary/aromatic N) is 4. The van der Waals surface area contributed by atoms with E-state index in [0.717, 1.165) is 24.2 Å². The highest BCUT2D eigenvalue weighted by Gasteiger charge is 2.19. The first-order chi connectivity index (χ1) is 14.3. The van der Waals surface area contributed by atoms with Crippen LogP contribution in [0.1, 0.15) is 44.0 Å². The molecule has 3 aromatic rings. The molecule has 0 fully saturated rings. The maximum Gasteiger partial charge on any atom is 0.210 e. The van der Waals surface area contributed by atoms with Crippen molar-refractivity contribution in [1.29, 1.82) is 0 Å². The topological polar surface area (TPSA) is 113 Å². The summed E-state index contributed by atoms with van der Waals surface area (Å²) in [6.07, 6.45) is 3.41. The van der Waals surface area contributed by atoms with Crippen LogP contribution >= 0.6 is 0 Å². The Hall–Kier alpha value is -2.78. The molecule has 0 aliphatic heterocycles. The van der Waals surface area contributed by atoms with Gasteiger partial charge in [-0.2, -0.15) is 5.10 Å². The highest BCUT2D eigenvalue weighted by Crippen LogP contribution is 2.26. The van der Waals surface area contributed by atoms with Crippen LogP contribution < -0.4 is 9.88 Å². The van der Waals surface area contributed by atoms with Crippen LogP contribution in [0.3, 0.4) is 0 Å². The van der Waals surface area contributed by atoms with Gasteiger partial charge in [-0.1, -0.05) is 31.5 Å². The van der Waals surface area contributed by atoms with Gasteiger partial charge >= 0.3 is 0 Å². The van der Waals surface area contributed by atoms with Crippen molar-refractivity contribution < 1.29 is 13.2 Å². The van der Waals surface area contributed by atoms with E-state index in [9.17, 15) is 8.42 Å². The molecule has 9 heteroatoms. The minimum atomic E-state index is -3.62. The van der Waals surface area contributed by atoms with Gasteiger partial charge in [0.05, 0.1) is 18.5 Å². The summed E-state index contributed by atoms with van der Waals surface area (Å²) in [6.45, 7) is 6.29. The zero-order chi connectivity index (χ0) is 21.7. The standard InChI is InChI=1S/C21H27N5O3S/c1-4-16(5-2)20-24-21(26(25-20)12-13-30(22,27)28)19-11-10-18(14-23-19)29-17-8-6-15(3)7-9-17/h6-11,14,16H,4-5,12-13H2,1-3H3,(H2,22,27,28). The fraction of sp³-hybridized carbons (Fsp3) is 0.381. The molecule has 0 saturated carbocycles. The fourth-order valence-electron chi connectivity index (χ4n) is 3.06. The third kappa shape index (κ3) is 5.64. The molecule has 8 nitrogen and oxygen atoms in total.